The first-order valence-electron chi connectivity index (χ1n) is 11.0. The molecule has 0 aliphatic heterocycles. The summed E-state index contributed by atoms with van der Waals surface area (Å²) >= 11 is 0. The molecule has 4 aliphatic carbocycles. The van der Waals surface area contributed by atoms with Crippen LogP contribution in [-0.4, -0.2) is 6.29 Å². The van der Waals surface area contributed by atoms with E-state index >= 15 is 0 Å². The van der Waals surface area contributed by atoms with Crippen LogP contribution in [0.25, 0.3) is 0 Å². The van der Waals surface area contributed by atoms with Gasteiger partial charge in [-0.1, -0.05) is 27.2 Å². The van der Waals surface area contributed by atoms with Crippen molar-refractivity contribution in [3.8, 4) is 0 Å². The fourth-order valence-electron chi connectivity index (χ4n) is 8.59. The summed E-state index contributed by atoms with van der Waals surface area (Å²) < 4.78 is 0. The summed E-state index contributed by atoms with van der Waals surface area (Å²) in [4.78, 5) is 11.2. The summed E-state index contributed by atoms with van der Waals surface area (Å²) in [5.41, 5.74) is 1.16. The minimum absolute atomic E-state index is 0.521. The Labute approximate surface area is 149 Å². The second kappa shape index (κ2) is 6.13. The molecule has 4 fully saturated rings. The number of aldehydes is 1. The van der Waals surface area contributed by atoms with E-state index in [1.807, 2.05) is 0 Å². The molecule has 0 spiro atoms. The van der Waals surface area contributed by atoms with Crippen molar-refractivity contribution in [1.29, 1.82) is 0 Å². The molecule has 0 aromatic carbocycles. The first kappa shape index (κ1) is 17.1. The van der Waals surface area contributed by atoms with Crippen molar-refractivity contribution in [3.05, 3.63) is 0 Å². The van der Waals surface area contributed by atoms with E-state index in [0.717, 1.165) is 36.0 Å². The van der Waals surface area contributed by atoms with Crippen LogP contribution in [0.5, 0.6) is 0 Å². The number of hydrogen-bond acceptors (Lipinski definition) is 1. The lowest BCUT2D eigenvalue weighted by atomic mass is 9.43. The van der Waals surface area contributed by atoms with Crippen LogP contribution in [0.1, 0.15) is 91.4 Å². The topological polar surface area (TPSA) is 17.1 Å². The number of carbonyl (C=O) groups excluding carboxylic acids is 1. The summed E-state index contributed by atoms with van der Waals surface area (Å²) in [7, 11) is 0. The molecular weight excluding hydrogens is 292 g/mol. The SMILES string of the molecule is CCC12CCC3C(CCC4CC(C)CCC43C)C1CCC2CC=O. The molecule has 1 nitrogen and oxygen atoms in total. The van der Waals surface area contributed by atoms with Crippen LogP contribution in [0.2, 0.25) is 0 Å². The van der Waals surface area contributed by atoms with Crippen molar-refractivity contribution in [2.45, 2.75) is 91.4 Å². The molecule has 8 atom stereocenters. The van der Waals surface area contributed by atoms with Gasteiger partial charge in [0, 0.05) is 6.42 Å². The van der Waals surface area contributed by atoms with Gasteiger partial charge in [0.2, 0.25) is 0 Å². The molecule has 4 rings (SSSR count). The highest BCUT2D eigenvalue weighted by Crippen LogP contribution is 2.68. The second-order valence-electron chi connectivity index (χ2n) is 10.3. The lowest BCUT2D eigenvalue weighted by Crippen LogP contribution is -2.53. The van der Waals surface area contributed by atoms with Gasteiger partial charge in [0.25, 0.3) is 0 Å². The van der Waals surface area contributed by atoms with Crippen molar-refractivity contribution in [2.75, 3.05) is 0 Å². The molecule has 4 aliphatic rings. The van der Waals surface area contributed by atoms with Crippen molar-refractivity contribution in [3.63, 3.8) is 0 Å². The van der Waals surface area contributed by atoms with Crippen LogP contribution in [-0.2, 0) is 4.79 Å². The summed E-state index contributed by atoms with van der Waals surface area (Å²) in [5, 5.41) is 0. The maximum absolute atomic E-state index is 11.2. The summed E-state index contributed by atoms with van der Waals surface area (Å²) in [6, 6.07) is 0. The standard InChI is InChI=1S/C23H38O/c1-4-23-13-10-20-19(21(23)8-6-17(23)11-14-24)7-5-18-15-16(2)9-12-22(18,20)3/h14,16-21H,4-13,15H2,1-3H3. The van der Waals surface area contributed by atoms with Gasteiger partial charge in [0.15, 0.2) is 0 Å². The van der Waals surface area contributed by atoms with Crippen LogP contribution in [0.3, 0.4) is 0 Å². The summed E-state index contributed by atoms with van der Waals surface area (Å²) in [6.07, 6.45) is 16.5. The maximum Gasteiger partial charge on any atom is 0.120 e. The Bertz CT molecular complexity index is 484. The maximum atomic E-state index is 11.2. The zero-order valence-electron chi connectivity index (χ0n) is 16.2. The van der Waals surface area contributed by atoms with E-state index in [2.05, 4.69) is 20.8 Å². The molecule has 0 N–H and O–H groups in total. The van der Waals surface area contributed by atoms with Gasteiger partial charge in [-0.25, -0.2) is 0 Å². The van der Waals surface area contributed by atoms with Crippen LogP contribution in [0.15, 0.2) is 0 Å². The van der Waals surface area contributed by atoms with E-state index in [1.54, 1.807) is 0 Å². The molecule has 0 bridgehead atoms. The third-order valence-electron chi connectivity index (χ3n) is 9.86. The number of carbonyl (C=O) groups is 1. The Balaban J connectivity index is 1.61. The molecule has 136 valence electrons. The highest BCUT2D eigenvalue weighted by Gasteiger charge is 2.60. The molecule has 24 heavy (non-hydrogen) atoms. The first-order valence-corrected chi connectivity index (χ1v) is 11.0. The van der Waals surface area contributed by atoms with Crippen LogP contribution >= 0.6 is 0 Å². The Morgan fingerprint density at radius 1 is 1.00 bits per heavy atom. The van der Waals surface area contributed by atoms with Gasteiger partial charge in [0.1, 0.15) is 6.29 Å². The highest BCUT2D eigenvalue weighted by molar-refractivity contribution is 5.50. The van der Waals surface area contributed by atoms with Gasteiger partial charge in [-0.2, -0.15) is 0 Å². The van der Waals surface area contributed by atoms with Gasteiger partial charge in [0.05, 0.1) is 0 Å². The molecule has 0 amide bonds. The van der Waals surface area contributed by atoms with E-state index < -0.39 is 0 Å². The van der Waals surface area contributed by atoms with Crippen molar-refractivity contribution >= 4 is 6.29 Å². The summed E-state index contributed by atoms with van der Waals surface area (Å²) in [6.45, 7) is 7.58. The molecule has 0 radical (unpaired) electrons. The van der Waals surface area contributed by atoms with Crippen LogP contribution in [0.4, 0.5) is 0 Å². The van der Waals surface area contributed by atoms with Gasteiger partial charge in [-0.15, -0.1) is 0 Å². The van der Waals surface area contributed by atoms with Crippen molar-refractivity contribution in [2.24, 2.45) is 46.3 Å². The predicted octanol–water partition coefficient (Wildman–Crippen LogP) is 6.26. The fourth-order valence-corrected chi connectivity index (χ4v) is 8.59. The fraction of sp³-hybridized carbons (Fsp3) is 0.957. The second-order valence-corrected chi connectivity index (χ2v) is 10.3. The Kier molecular flexibility index (Phi) is 4.37. The average Bonchev–Trinajstić information content (AvgIpc) is 2.95. The molecule has 4 saturated carbocycles. The van der Waals surface area contributed by atoms with Gasteiger partial charge in [-0.05, 0) is 104 Å². The van der Waals surface area contributed by atoms with Crippen LogP contribution < -0.4 is 0 Å². The number of hydrogen-bond donors (Lipinski definition) is 0. The van der Waals surface area contributed by atoms with E-state index in [9.17, 15) is 4.79 Å². The Morgan fingerprint density at radius 3 is 2.58 bits per heavy atom. The molecule has 0 aromatic rings. The largest absolute Gasteiger partial charge is 0.303 e. The van der Waals surface area contributed by atoms with E-state index in [-0.39, 0.29) is 0 Å². The monoisotopic (exact) mass is 330 g/mol. The smallest absolute Gasteiger partial charge is 0.120 e. The molecule has 0 heterocycles. The number of fused-ring (bicyclic) bond motifs is 5. The van der Waals surface area contributed by atoms with E-state index in [1.165, 1.54) is 70.5 Å². The Morgan fingerprint density at radius 2 is 1.83 bits per heavy atom. The Hall–Kier alpha value is -0.330. The van der Waals surface area contributed by atoms with Gasteiger partial charge < -0.3 is 4.79 Å². The lowest BCUT2D eigenvalue weighted by Gasteiger charge is -2.61. The first-order chi connectivity index (χ1) is 11.5. The minimum Gasteiger partial charge on any atom is -0.303 e. The molecular formula is C23H38O. The van der Waals surface area contributed by atoms with Crippen molar-refractivity contribution in [1.82, 2.24) is 0 Å². The highest BCUT2D eigenvalue weighted by atomic mass is 16.1. The van der Waals surface area contributed by atoms with Gasteiger partial charge in [-0.3, -0.25) is 0 Å². The number of rotatable bonds is 3. The summed E-state index contributed by atoms with van der Waals surface area (Å²) in [5.74, 6) is 5.56. The third-order valence-corrected chi connectivity index (χ3v) is 9.86. The van der Waals surface area contributed by atoms with E-state index in [4.69, 9.17) is 0 Å². The molecule has 1 heteroatoms. The molecule has 0 aromatic heterocycles. The lowest BCUT2D eigenvalue weighted by molar-refractivity contribution is -0.125. The van der Waals surface area contributed by atoms with Crippen molar-refractivity contribution < 1.29 is 4.79 Å². The predicted molar refractivity (Wildman–Crippen MR) is 99.7 cm³/mol. The molecule has 8 unspecified atom stereocenters. The quantitative estimate of drug-likeness (QED) is 0.558. The molecule has 0 saturated heterocycles. The van der Waals surface area contributed by atoms with Crippen LogP contribution in [0, 0.1) is 46.3 Å². The third kappa shape index (κ3) is 2.28. The zero-order valence-corrected chi connectivity index (χ0v) is 16.2. The minimum atomic E-state index is 0.521. The zero-order chi connectivity index (χ0) is 16.9. The van der Waals surface area contributed by atoms with E-state index in [0.29, 0.717) is 16.7 Å². The average molecular weight is 331 g/mol. The van der Waals surface area contributed by atoms with Gasteiger partial charge >= 0.3 is 0 Å². The normalized spacial score (nSPS) is 53.8.